The van der Waals surface area contributed by atoms with Gasteiger partial charge in [-0.2, -0.15) is 0 Å². The van der Waals surface area contributed by atoms with Crippen molar-refractivity contribution < 1.29 is 4.74 Å². The number of hydrogen-bond donors (Lipinski definition) is 1. The Morgan fingerprint density at radius 1 is 1.19 bits per heavy atom. The van der Waals surface area contributed by atoms with E-state index < -0.39 is 0 Å². The molecule has 2 aliphatic rings. The Morgan fingerprint density at radius 2 is 2.04 bits per heavy atom. The molecule has 4 rings (SSSR count). The summed E-state index contributed by atoms with van der Waals surface area (Å²) in [6.07, 6.45) is 14.5. The molecule has 2 aliphatic carbocycles. The lowest BCUT2D eigenvalue weighted by Gasteiger charge is -2.09. The standard InChI is InChI=1S/C22H30N2O2/c1-26-17-8-9-18-20(14-17)24-21(25)19(23-18)7-5-3-2-4-6-16-10-11-22(15-16)12-13-22/h8-9,14,16H,2-7,10-13,15H2,1H3,(H,24,25)/t16-/m0/s1. The lowest BCUT2D eigenvalue weighted by atomic mass is 9.97. The van der Waals surface area contributed by atoms with Crippen molar-refractivity contribution >= 4 is 11.0 Å². The maximum Gasteiger partial charge on any atom is 0.270 e. The fourth-order valence-corrected chi connectivity index (χ4v) is 4.68. The zero-order valence-electron chi connectivity index (χ0n) is 15.9. The predicted octanol–water partition coefficient (Wildman–Crippen LogP) is 5.01. The summed E-state index contributed by atoms with van der Waals surface area (Å²) in [7, 11) is 1.62. The molecule has 2 fully saturated rings. The van der Waals surface area contributed by atoms with Crippen molar-refractivity contribution in [3.8, 4) is 5.75 Å². The number of nitrogens with zero attached hydrogens (tertiary/aromatic N) is 1. The van der Waals surface area contributed by atoms with Crippen LogP contribution in [0, 0.1) is 11.3 Å². The van der Waals surface area contributed by atoms with Crippen LogP contribution in [0.3, 0.4) is 0 Å². The van der Waals surface area contributed by atoms with Crippen molar-refractivity contribution in [1.82, 2.24) is 9.97 Å². The van der Waals surface area contributed by atoms with Gasteiger partial charge < -0.3 is 9.72 Å². The Bertz CT molecular complexity index is 822. The second kappa shape index (κ2) is 7.42. The van der Waals surface area contributed by atoms with Crippen molar-refractivity contribution in [2.75, 3.05) is 7.11 Å². The van der Waals surface area contributed by atoms with Gasteiger partial charge in [0.25, 0.3) is 5.56 Å². The van der Waals surface area contributed by atoms with Crippen LogP contribution in [0.25, 0.3) is 11.0 Å². The lowest BCUT2D eigenvalue weighted by Crippen LogP contribution is -2.15. The molecule has 0 unspecified atom stereocenters. The fraction of sp³-hybridized carbons (Fsp3) is 0.636. The van der Waals surface area contributed by atoms with Crippen molar-refractivity contribution in [1.29, 1.82) is 0 Å². The van der Waals surface area contributed by atoms with E-state index in [1.54, 1.807) is 7.11 Å². The van der Waals surface area contributed by atoms with Crippen LogP contribution in [-0.2, 0) is 6.42 Å². The first-order valence-electron chi connectivity index (χ1n) is 10.2. The maximum atomic E-state index is 12.2. The van der Waals surface area contributed by atoms with E-state index in [0.29, 0.717) is 5.69 Å². The van der Waals surface area contributed by atoms with Gasteiger partial charge in [0.1, 0.15) is 11.4 Å². The zero-order valence-corrected chi connectivity index (χ0v) is 15.9. The molecule has 0 amide bonds. The second-order valence-electron chi connectivity index (χ2n) is 8.46. The van der Waals surface area contributed by atoms with Crippen LogP contribution in [0.5, 0.6) is 5.75 Å². The summed E-state index contributed by atoms with van der Waals surface area (Å²) >= 11 is 0. The highest BCUT2D eigenvalue weighted by atomic mass is 16.5. The van der Waals surface area contributed by atoms with Crippen molar-refractivity contribution in [3.63, 3.8) is 0 Å². The van der Waals surface area contributed by atoms with E-state index in [-0.39, 0.29) is 5.56 Å². The van der Waals surface area contributed by atoms with Gasteiger partial charge in [0.05, 0.1) is 18.1 Å². The number of ether oxygens (including phenoxy) is 1. The molecule has 2 saturated carbocycles. The van der Waals surface area contributed by atoms with Crippen molar-refractivity contribution in [2.45, 2.75) is 70.6 Å². The van der Waals surface area contributed by atoms with Crippen LogP contribution in [-0.4, -0.2) is 17.1 Å². The van der Waals surface area contributed by atoms with E-state index in [1.807, 2.05) is 18.2 Å². The van der Waals surface area contributed by atoms with E-state index >= 15 is 0 Å². The van der Waals surface area contributed by atoms with E-state index in [4.69, 9.17) is 4.74 Å². The zero-order chi connectivity index (χ0) is 18.0. The first kappa shape index (κ1) is 17.6. The molecule has 0 aliphatic heterocycles. The number of aromatic nitrogens is 2. The number of methoxy groups -OCH3 is 1. The van der Waals surface area contributed by atoms with Gasteiger partial charge in [-0.05, 0) is 68.4 Å². The number of fused-ring (bicyclic) bond motifs is 1. The van der Waals surface area contributed by atoms with Crippen molar-refractivity contribution in [2.24, 2.45) is 11.3 Å². The Hall–Kier alpha value is -1.84. The van der Waals surface area contributed by atoms with Gasteiger partial charge in [-0.15, -0.1) is 0 Å². The quantitative estimate of drug-likeness (QED) is 0.678. The van der Waals surface area contributed by atoms with Crippen LogP contribution >= 0.6 is 0 Å². The summed E-state index contributed by atoms with van der Waals surface area (Å²) in [4.78, 5) is 19.7. The predicted molar refractivity (Wildman–Crippen MR) is 105 cm³/mol. The summed E-state index contributed by atoms with van der Waals surface area (Å²) in [5.41, 5.74) is 2.98. The first-order chi connectivity index (χ1) is 12.7. The molecule has 0 radical (unpaired) electrons. The van der Waals surface area contributed by atoms with E-state index in [2.05, 4.69) is 9.97 Å². The number of rotatable bonds is 8. The third-order valence-corrected chi connectivity index (χ3v) is 6.51. The van der Waals surface area contributed by atoms with Crippen LogP contribution in [0.15, 0.2) is 23.0 Å². The molecule has 4 heteroatoms. The average molecular weight is 354 g/mol. The Kier molecular flexibility index (Phi) is 5.01. The monoisotopic (exact) mass is 354 g/mol. The SMILES string of the molecule is COc1ccc2nc(CCCCCC[C@H]3CCC4(CC4)C3)c(=O)[nH]c2c1. The highest BCUT2D eigenvalue weighted by Crippen LogP contribution is 2.60. The summed E-state index contributed by atoms with van der Waals surface area (Å²) in [6, 6.07) is 5.61. The van der Waals surface area contributed by atoms with Crippen LogP contribution in [0.4, 0.5) is 0 Å². The van der Waals surface area contributed by atoms with Crippen molar-refractivity contribution in [3.05, 3.63) is 34.2 Å². The average Bonchev–Trinajstić information content (AvgIpc) is 3.28. The topological polar surface area (TPSA) is 55.0 Å². The smallest absolute Gasteiger partial charge is 0.270 e. The third-order valence-electron chi connectivity index (χ3n) is 6.51. The van der Waals surface area contributed by atoms with E-state index in [1.165, 1.54) is 57.8 Å². The molecule has 1 aromatic carbocycles. The largest absolute Gasteiger partial charge is 0.497 e. The number of benzene rings is 1. The molecule has 0 bridgehead atoms. The minimum atomic E-state index is -0.0635. The molecular weight excluding hydrogens is 324 g/mol. The number of unbranched alkanes of at least 4 members (excludes halogenated alkanes) is 3. The van der Waals surface area contributed by atoms with Crippen LogP contribution in [0.1, 0.15) is 69.9 Å². The molecule has 140 valence electrons. The molecule has 4 nitrogen and oxygen atoms in total. The number of H-pyrrole nitrogens is 1. The van der Waals surface area contributed by atoms with Gasteiger partial charge in [-0.3, -0.25) is 4.79 Å². The molecule has 2 aromatic rings. The molecule has 1 atom stereocenters. The molecule has 1 heterocycles. The van der Waals surface area contributed by atoms with E-state index in [0.717, 1.165) is 41.0 Å². The maximum absolute atomic E-state index is 12.2. The van der Waals surface area contributed by atoms with Gasteiger partial charge >= 0.3 is 0 Å². The van der Waals surface area contributed by atoms with E-state index in [9.17, 15) is 4.79 Å². The normalized spacial score (nSPS) is 20.7. The minimum absolute atomic E-state index is 0.0635. The molecule has 1 N–H and O–H groups in total. The summed E-state index contributed by atoms with van der Waals surface area (Å²) in [5, 5.41) is 0. The Labute approximate surface area is 155 Å². The lowest BCUT2D eigenvalue weighted by molar-refractivity contribution is 0.415. The third kappa shape index (κ3) is 3.94. The minimum Gasteiger partial charge on any atom is -0.497 e. The molecule has 0 saturated heterocycles. The number of nitrogens with one attached hydrogen (secondary N) is 1. The summed E-state index contributed by atoms with van der Waals surface area (Å²) < 4.78 is 5.20. The van der Waals surface area contributed by atoms with Gasteiger partial charge in [0.15, 0.2) is 0 Å². The highest BCUT2D eigenvalue weighted by molar-refractivity contribution is 5.75. The Morgan fingerprint density at radius 3 is 2.81 bits per heavy atom. The van der Waals surface area contributed by atoms with Crippen LogP contribution < -0.4 is 10.3 Å². The molecular formula is C22H30N2O2. The van der Waals surface area contributed by atoms with Gasteiger partial charge in [-0.25, -0.2) is 4.98 Å². The van der Waals surface area contributed by atoms with Gasteiger partial charge in [0.2, 0.25) is 0 Å². The number of aromatic amines is 1. The number of hydrogen-bond acceptors (Lipinski definition) is 3. The molecule has 1 aromatic heterocycles. The first-order valence-corrected chi connectivity index (χ1v) is 10.2. The second-order valence-corrected chi connectivity index (χ2v) is 8.46. The summed E-state index contributed by atoms with van der Waals surface area (Å²) in [5.74, 6) is 1.73. The number of aryl methyl sites for hydroxylation is 1. The fourth-order valence-electron chi connectivity index (χ4n) is 4.68. The van der Waals surface area contributed by atoms with Crippen LogP contribution in [0.2, 0.25) is 0 Å². The molecule has 26 heavy (non-hydrogen) atoms. The highest BCUT2D eigenvalue weighted by Gasteiger charge is 2.47. The summed E-state index contributed by atoms with van der Waals surface area (Å²) in [6.45, 7) is 0. The Balaban J connectivity index is 1.21. The van der Waals surface area contributed by atoms with Gasteiger partial charge in [-0.1, -0.05) is 25.7 Å². The molecule has 1 spiro atoms. The van der Waals surface area contributed by atoms with Gasteiger partial charge in [0, 0.05) is 6.07 Å².